The van der Waals surface area contributed by atoms with Gasteiger partial charge in [0.05, 0.1) is 24.4 Å². The fourth-order valence-corrected chi connectivity index (χ4v) is 5.77. The molecule has 0 spiro atoms. The van der Waals surface area contributed by atoms with E-state index in [0.717, 1.165) is 18.4 Å². The van der Waals surface area contributed by atoms with E-state index in [1.165, 1.54) is 0 Å². The van der Waals surface area contributed by atoms with Gasteiger partial charge in [0.1, 0.15) is 24.4 Å². The highest BCUT2D eigenvalue weighted by Crippen LogP contribution is 2.57. The van der Waals surface area contributed by atoms with E-state index >= 15 is 0 Å². The lowest BCUT2D eigenvalue weighted by Crippen LogP contribution is -2.66. The maximum atomic E-state index is 11.1. The Kier molecular flexibility index (Phi) is 6.50. The van der Waals surface area contributed by atoms with Gasteiger partial charge in [-0.3, -0.25) is 0 Å². The first-order valence-corrected chi connectivity index (χ1v) is 10.4. The van der Waals surface area contributed by atoms with Crippen LogP contribution in [0.2, 0.25) is 0 Å². The second-order valence-corrected chi connectivity index (χ2v) is 9.76. The molecule has 0 aromatic rings. The smallest absolute Gasteiger partial charge is 0.187 e. The second kappa shape index (κ2) is 8.16. The van der Waals surface area contributed by atoms with Crippen LogP contribution in [0.5, 0.6) is 0 Å². The summed E-state index contributed by atoms with van der Waals surface area (Å²) in [5.74, 6) is 0.117. The first-order chi connectivity index (χ1) is 13.4. The lowest BCUT2D eigenvalue weighted by Gasteiger charge is -2.59. The summed E-state index contributed by atoms with van der Waals surface area (Å²) in [6, 6.07) is 0. The van der Waals surface area contributed by atoms with Crippen LogP contribution in [0, 0.1) is 17.3 Å². The van der Waals surface area contributed by atoms with E-state index in [9.17, 15) is 30.6 Å². The zero-order valence-corrected chi connectivity index (χ0v) is 17.4. The maximum Gasteiger partial charge on any atom is 0.187 e. The first-order valence-electron chi connectivity index (χ1n) is 10.4. The normalized spacial score (nSPS) is 53.3. The fraction of sp³-hybridized carbons (Fsp3) is 0.905. The molecule has 3 fully saturated rings. The van der Waals surface area contributed by atoms with Crippen molar-refractivity contribution in [3.63, 3.8) is 0 Å². The average molecular weight is 417 g/mol. The second-order valence-electron chi connectivity index (χ2n) is 9.76. The molecule has 0 amide bonds. The predicted molar refractivity (Wildman–Crippen MR) is 104 cm³/mol. The summed E-state index contributed by atoms with van der Waals surface area (Å²) in [4.78, 5) is 0. The summed E-state index contributed by atoms with van der Waals surface area (Å²) in [5, 5.41) is 61.7. The number of aliphatic hydroxyl groups excluding tert-OH is 5. The summed E-state index contributed by atoms with van der Waals surface area (Å²) in [7, 11) is 0. The monoisotopic (exact) mass is 416 g/mol. The molecular weight excluding hydrogens is 380 g/mol. The first kappa shape index (κ1) is 23.1. The molecule has 0 aromatic heterocycles. The molecule has 0 unspecified atom stereocenters. The quantitative estimate of drug-likeness (QED) is 0.343. The number of fused-ring (bicyclic) bond motifs is 1. The molecule has 6 N–H and O–H groups in total. The van der Waals surface area contributed by atoms with Crippen LogP contribution in [0.3, 0.4) is 0 Å². The number of hydrogen-bond donors (Lipinski definition) is 6. The Balaban J connectivity index is 1.86. The van der Waals surface area contributed by atoms with Crippen molar-refractivity contribution < 1.29 is 40.1 Å². The highest BCUT2D eigenvalue weighted by Gasteiger charge is 2.60. The summed E-state index contributed by atoms with van der Waals surface area (Å²) in [5.41, 5.74) is -0.607. The Hall–Kier alpha value is -0.580. The third-order valence-electron chi connectivity index (χ3n) is 7.55. The minimum atomic E-state index is -1.54. The van der Waals surface area contributed by atoms with Crippen LogP contribution >= 0.6 is 0 Å². The van der Waals surface area contributed by atoms with Gasteiger partial charge in [-0.15, -0.1) is 0 Å². The van der Waals surface area contributed by atoms with E-state index in [1.807, 2.05) is 13.8 Å². The molecule has 2 saturated carbocycles. The van der Waals surface area contributed by atoms with Crippen LogP contribution < -0.4 is 0 Å². The SMILES string of the molecule is C=C(C)[C@H]1CC[C@]2(C)[C@@H](C1)[C@](C)(O)C[C@@H](O)[C@@H]2O[C@@H]1O[C@H](CO)[C@@H](O)[C@H](O)[C@H]1O. The van der Waals surface area contributed by atoms with Crippen LogP contribution in [-0.4, -0.2) is 85.8 Å². The van der Waals surface area contributed by atoms with Crippen molar-refractivity contribution in [2.24, 2.45) is 17.3 Å². The standard InChI is InChI=1S/C21H36O8/c1-10(2)11-5-6-20(3)14(7-11)21(4,27)8-12(23)18(20)29-19-17(26)16(25)15(24)13(9-22)28-19/h11-19,22-27H,1,5-9H2,2-4H3/t11-,12+,13+,14+,15+,16-,17+,18-,19-,20+,21+/m0/s1. The third-order valence-corrected chi connectivity index (χ3v) is 7.55. The van der Waals surface area contributed by atoms with Gasteiger partial charge in [-0.25, -0.2) is 0 Å². The molecule has 0 bridgehead atoms. The van der Waals surface area contributed by atoms with Gasteiger partial charge < -0.3 is 40.1 Å². The van der Waals surface area contributed by atoms with Crippen molar-refractivity contribution in [1.29, 1.82) is 0 Å². The highest BCUT2D eigenvalue weighted by molar-refractivity contribution is 5.12. The van der Waals surface area contributed by atoms with Gasteiger partial charge in [0.2, 0.25) is 0 Å². The van der Waals surface area contributed by atoms with E-state index < -0.39 is 60.5 Å². The number of rotatable bonds is 4. The van der Waals surface area contributed by atoms with Crippen molar-refractivity contribution in [2.75, 3.05) is 6.61 Å². The van der Waals surface area contributed by atoms with Gasteiger partial charge in [-0.05, 0) is 44.9 Å². The van der Waals surface area contributed by atoms with Gasteiger partial charge >= 0.3 is 0 Å². The van der Waals surface area contributed by atoms with Gasteiger partial charge in [0.25, 0.3) is 0 Å². The Morgan fingerprint density at radius 1 is 1.14 bits per heavy atom. The molecule has 0 aromatic carbocycles. The summed E-state index contributed by atoms with van der Waals surface area (Å²) in [6.07, 6.45) is -6.33. The van der Waals surface area contributed by atoms with Crippen LogP contribution in [-0.2, 0) is 9.47 Å². The van der Waals surface area contributed by atoms with Crippen LogP contribution in [0.15, 0.2) is 12.2 Å². The summed E-state index contributed by atoms with van der Waals surface area (Å²) < 4.78 is 11.5. The Morgan fingerprint density at radius 2 is 1.79 bits per heavy atom. The topological polar surface area (TPSA) is 140 Å². The van der Waals surface area contributed by atoms with E-state index in [0.29, 0.717) is 6.42 Å². The van der Waals surface area contributed by atoms with Crippen LogP contribution in [0.1, 0.15) is 46.5 Å². The molecule has 1 aliphatic heterocycles. The average Bonchev–Trinajstić information content (AvgIpc) is 2.64. The van der Waals surface area contributed by atoms with E-state index in [2.05, 4.69) is 6.58 Å². The molecule has 168 valence electrons. The van der Waals surface area contributed by atoms with E-state index in [1.54, 1.807) is 6.92 Å². The van der Waals surface area contributed by atoms with Crippen LogP contribution in [0.25, 0.3) is 0 Å². The fourth-order valence-electron chi connectivity index (χ4n) is 5.77. The van der Waals surface area contributed by atoms with Crippen molar-refractivity contribution >= 4 is 0 Å². The Bertz CT molecular complexity index is 607. The predicted octanol–water partition coefficient (Wildman–Crippen LogP) is -0.314. The lowest BCUT2D eigenvalue weighted by atomic mass is 9.51. The molecule has 8 heteroatoms. The largest absolute Gasteiger partial charge is 0.394 e. The minimum Gasteiger partial charge on any atom is -0.394 e. The van der Waals surface area contributed by atoms with Gasteiger partial charge in [-0.1, -0.05) is 19.1 Å². The third kappa shape index (κ3) is 4.02. The minimum absolute atomic E-state index is 0.109. The zero-order valence-electron chi connectivity index (χ0n) is 17.4. The Morgan fingerprint density at radius 3 is 2.38 bits per heavy atom. The van der Waals surface area contributed by atoms with Crippen LogP contribution in [0.4, 0.5) is 0 Å². The molecule has 3 rings (SSSR count). The van der Waals surface area contributed by atoms with Crippen molar-refractivity contribution in [3.8, 4) is 0 Å². The van der Waals surface area contributed by atoms with E-state index in [4.69, 9.17) is 9.47 Å². The molecule has 1 heterocycles. The van der Waals surface area contributed by atoms with Crippen molar-refractivity contribution in [2.45, 2.75) is 95.0 Å². The number of allylic oxidation sites excluding steroid dienone is 1. The van der Waals surface area contributed by atoms with Gasteiger partial charge in [-0.2, -0.15) is 0 Å². The zero-order chi connectivity index (χ0) is 21.7. The summed E-state index contributed by atoms with van der Waals surface area (Å²) >= 11 is 0. The van der Waals surface area contributed by atoms with E-state index in [-0.39, 0.29) is 18.3 Å². The van der Waals surface area contributed by atoms with Crippen molar-refractivity contribution in [1.82, 2.24) is 0 Å². The molecule has 2 aliphatic carbocycles. The molecule has 29 heavy (non-hydrogen) atoms. The van der Waals surface area contributed by atoms with Gasteiger partial charge in [0, 0.05) is 11.8 Å². The number of hydrogen-bond acceptors (Lipinski definition) is 8. The number of ether oxygens (including phenoxy) is 2. The van der Waals surface area contributed by atoms with Crippen molar-refractivity contribution in [3.05, 3.63) is 12.2 Å². The molecular formula is C21H36O8. The molecule has 8 nitrogen and oxygen atoms in total. The molecule has 11 atom stereocenters. The maximum absolute atomic E-state index is 11.1. The molecule has 0 radical (unpaired) electrons. The highest BCUT2D eigenvalue weighted by atomic mass is 16.7. The summed E-state index contributed by atoms with van der Waals surface area (Å²) in [6.45, 7) is 9.22. The van der Waals surface area contributed by atoms with Gasteiger partial charge in [0.15, 0.2) is 6.29 Å². The molecule has 1 saturated heterocycles. The Labute approximate surface area is 171 Å². The lowest BCUT2D eigenvalue weighted by molar-refractivity contribution is -0.342. The molecule has 3 aliphatic rings. The number of aliphatic hydroxyl groups is 6.